The van der Waals surface area contributed by atoms with E-state index in [2.05, 4.69) is 5.32 Å². The van der Waals surface area contributed by atoms with Crippen LogP contribution in [0, 0.1) is 0 Å². The molecular formula is C36H37Cl2N3O5S. The molecule has 246 valence electrons. The third-order valence-corrected chi connectivity index (χ3v) is 10.5. The van der Waals surface area contributed by atoms with Crippen LogP contribution in [0.5, 0.6) is 5.75 Å². The molecule has 1 saturated carbocycles. The zero-order valence-electron chi connectivity index (χ0n) is 26.0. The molecule has 0 bridgehead atoms. The monoisotopic (exact) mass is 693 g/mol. The fraction of sp³-hybridized carbons (Fsp3) is 0.278. The van der Waals surface area contributed by atoms with E-state index in [4.69, 9.17) is 27.9 Å². The van der Waals surface area contributed by atoms with Crippen molar-refractivity contribution >= 4 is 50.7 Å². The standard InChI is InChI=1S/C36H37Cl2N3O5S/c1-46-32-18-20-33(21-19-32)47(44,45)41(31-16-14-28(37)15-17-31)25-35(42)40(24-27-10-7-11-29(38)22-27)34(23-26-8-3-2-4-9-26)36(43)39-30-12-5-6-13-30/h2-4,7-11,14-22,30,34H,5-6,12-13,23-25H2,1H3,(H,39,43). The Bertz CT molecular complexity index is 1760. The van der Waals surface area contributed by atoms with E-state index in [9.17, 15) is 18.0 Å². The van der Waals surface area contributed by atoms with Gasteiger partial charge in [-0.2, -0.15) is 0 Å². The summed E-state index contributed by atoms with van der Waals surface area (Å²) < 4.78 is 34.6. The SMILES string of the molecule is COc1ccc(S(=O)(=O)N(CC(=O)N(Cc2cccc(Cl)c2)C(Cc2ccccc2)C(=O)NC2CCCC2)c2ccc(Cl)cc2)cc1. The maximum atomic E-state index is 14.6. The molecule has 0 spiro atoms. The van der Waals surface area contributed by atoms with Gasteiger partial charge in [0.25, 0.3) is 10.0 Å². The molecule has 8 nitrogen and oxygen atoms in total. The van der Waals surface area contributed by atoms with Gasteiger partial charge in [-0.15, -0.1) is 0 Å². The third kappa shape index (κ3) is 8.86. The molecule has 0 saturated heterocycles. The van der Waals surface area contributed by atoms with Gasteiger partial charge in [0.05, 0.1) is 17.7 Å². The molecule has 1 fully saturated rings. The smallest absolute Gasteiger partial charge is 0.264 e. The van der Waals surface area contributed by atoms with Crippen LogP contribution in [0.3, 0.4) is 0 Å². The zero-order valence-corrected chi connectivity index (χ0v) is 28.3. The highest BCUT2D eigenvalue weighted by Gasteiger charge is 2.35. The first-order chi connectivity index (χ1) is 22.6. The van der Waals surface area contributed by atoms with Crippen molar-refractivity contribution in [1.29, 1.82) is 0 Å². The Hall–Kier alpha value is -4.05. The van der Waals surface area contributed by atoms with Crippen molar-refractivity contribution in [3.05, 3.63) is 124 Å². The van der Waals surface area contributed by atoms with E-state index in [0.29, 0.717) is 21.4 Å². The van der Waals surface area contributed by atoms with Crippen LogP contribution in [0.2, 0.25) is 10.0 Å². The number of hydrogen-bond donors (Lipinski definition) is 1. The van der Waals surface area contributed by atoms with Crippen LogP contribution in [0.1, 0.15) is 36.8 Å². The number of methoxy groups -OCH3 is 1. The van der Waals surface area contributed by atoms with Gasteiger partial charge in [-0.1, -0.05) is 78.5 Å². The van der Waals surface area contributed by atoms with Gasteiger partial charge in [0, 0.05) is 29.1 Å². The summed E-state index contributed by atoms with van der Waals surface area (Å²) in [4.78, 5) is 30.1. The van der Waals surface area contributed by atoms with Crippen LogP contribution in [-0.4, -0.2) is 50.9 Å². The fourth-order valence-corrected chi connectivity index (χ4v) is 7.52. The Kier molecular flexibility index (Phi) is 11.4. The normalized spacial score (nSPS) is 13.9. The van der Waals surface area contributed by atoms with Crippen LogP contribution in [-0.2, 0) is 32.6 Å². The van der Waals surface area contributed by atoms with E-state index in [1.807, 2.05) is 36.4 Å². The molecule has 0 aliphatic heterocycles. The highest BCUT2D eigenvalue weighted by Crippen LogP contribution is 2.28. The molecule has 0 aromatic heterocycles. The molecule has 5 rings (SSSR count). The summed E-state index contributed by atoms with van der Waals surface area (Å²) in [5, 5.41) is 4.07. The topological polar surface area (TPSA) is 96.0 Å². The maximum absolute atomic E-state index is 14.6. The number of carbonyl (C=O) groups excluding carboxylic acids is 2. The number of anilines is 1. The van der Waals surface area contributed by atoms with Gasteiger partial charge in [0.1, 0.15) is 18.3 Å². The number of nitrogens with one attached hydrogen (secondary N) is 1. The molecule has 47 heavy (non-hydrogen) atoms. The lowest BCUT2D eigenvalue weighted by atomic mass is 10.0. The molecule has 1 unspecified atom stereocenters. The Labute approximate surface area is 286 Å². The lowest BCUT2D eigenvalue weighted by Gasteiger charge is -2.34. The highest BCUT2D eigenvalue weighted by atomic mass is 35.5. The lowest BCUT2D eigenvalue weighted by molar-refractivity contribution is -0.140. The van der Waals surface area contributed by atoms with Gasteiger partial charge >= 0.3 is 0 Å². The van der Waals surface area contributed by atoms with Crippen molar-refractivity contribution < 1.29 is 22.7 Å². The number of sulfonamides is 1. The number of hydrogen-bond acceptors (Lipinski definition) is 5. The van der Waals surface area contributed by atoms with Crippen molar-refractivity contribution in [3.8, 4) is 5.75 Å². The molecule has 1 aliphatic carbocycles. The molecule has 1 atom stereocenters. The summed E-state index contributed by atoms with van der Waals surface area (Å²) in [6.45, 7) is -0.537. The van der Waals surface area contributed by atoms with E-state index < -0.39 is 28.5 Å². The van der Waals surface area contributed by atoms with Crippen molar-refractivity contribution in [2.45, 2.75) is 55.6 Å². The number of ether oxygens (including phenoxy) is 1. The van der Waals surface area contributed by atoms with Crippen LogP contribution in [0.4, 0.5) is 5.69 Å². The Morgan fingerprint density at radius 2 is 1.51 bits per heavy atom. The summed E-state index contributed by atoms with van der Waals surface area (Å²) >= 11 is 12.5. The van der Waals surface area contributed by atoms with Gasteiger partial charge in [-0.3, -0.25) is 13.9 Å². The lowest BCUT2D eigenvalue weighted by Crippen LogP contribution is -2.54. The fourth-order valence-electron chi connectivity index (χ4n) is 5.76. The predicted molar refractivity (Wildman–Crippen MR) is 185 cm³/mol. The second kappa shape index (κ2) is 15.7. The molecular weight excluding hydrogens is 657 g/mol. The molecule has 1 N–H and O–H groups in total. The number of halogens is 2. The Morgan fingerprint density at radius 1 is 0.851 bits per heavy atom. The third-order valence-electron chi connectivity index (χ3n) is 8.26. The summed E-state index contributed by atoms with van der Waals surface area (Å²) in [5.74, 6) is -0.352. The minimum atomic E-state index is -4.26. The van der Waals surface area contributed by atoms with E-state index in [1.54, 1.807) is 54.6 Å². The largest absolute Gasteiger partial charge is 0.497 e. The molecule has 4 aromatic rings. The number of rotatable bonds is 13. The number of carbonyl (C=O) groups is 2. The second-order valence-electron chi connectivity index (χ2n) is 11.5. The van der Waals surface area contributed by atoms with Gasteiger partial charge in [0.15, 0.2) is 0 Å². The van der Waals surface area contributed by atoms with E-state index >= 15 is 0 Å². The number of amides is 2. The molecule has 4 aromatic carbocycles. The van der Waals surface area contributed by atoms with E-state index in [1.165, 1.54) is 24.1 Å². The van der Waals surface area contributed by atoms with Crippen LogP contribution in [0.15, 0.2) is 108 Å². The predicted octanol–water partition coefficient (Wildman–Crippen LogP) is 6.90. The summed E-state index contributed by atoms with van der Waals surface area (Å²) in [6, 6.07) is 27.8. The van der Waals surface area contributed by atoms with Gasteiger partial charge in [-0.05, 0) is 84.6 Å². The van der Waals surface area contributed by atoms with Gasteiger partial charge in [-0.25, -0.2) is 8.42 Å². The second-order valence-corrected chi connectivity index (χ2v) is 14.2. The quantitative estimate of drug-likeness (QED) is 0.164. The maximum Gasteiger partial charge on any atom is 0.264 e. The summed E-state index contributed by atoms with van der Waals surface area (Å²) in [6.07, 6.45) is 4.03. The molecule has 2 amide bonds. The first-order valence-electron chi connectivity index (χ1n) is 15.4. The number of nitrogens with zero attached hydrogens (tertiary/aromatic N) is 2. The number of benzene rings is 4. The van der Waals surface area contributed by atoms with Gasteiger partial charge < -0.3 is 15.0 Å². The van der Waals surface area contributed by atoms with Crippen molar-refractivity contribution in [3.63, 3.8) is 0 Å². The minimum absolute atomic E-state index is 0.0184. The molecule has 0 radical (unpaired) electrons. The van der Waals surface area contributed by atoms with Crippen LogP contribution < -0.4 is 14.4 Å². The molecule has 1 aliphatic rings. The summed E-state index contributed by atoms with van der Waals surface area (Å²) in [5.41, 5.74) is 1.81. The zero-order chi connectivity index (χ0) is 33.4. The van der Waals surface area contributed by atoms with E-state index in [0.717, 1.165) is 35.6 Å². The van der Waals surface area contributed by atoms with Crippen molar-refractivity contribution in [2.75, 3.05) is 18.0 Å². The van der Waals surface area contributed by atoms with Crippen molar-refractivity contribution in [2.24, 2.45) is 0 Å². The molecule has 0 heterocycles. The Morgan fingerprint density at radius 3 is 2.15 bits per heavy atom. The highest BCUT2D eigenvalue weighted by molar-refractivity contribution is 7.92. The average Bonchev–Trinajstić information content (AvgIpc) is 3.59. The first kappa shape index (κ1) is 34.3. The Balaban J connectivity index is 1.56. The summed E-state index contributed by atoms with van der Waals surface area (Å²) in [7, 11) is -2.77. The van der Waals surface area contributed by atoms with Crippen molar-refractivity contribution in [1.82, 2.24) is 10.2 Å². The van der Waals surface area contributed by atoms with Crippen LogP contribution in [0.25, 0.3) is 0 Å². The average molecular weight is 695 g/mol. The molecule has 11 heteroatoms. The first-order valence-corrected chi connectivity index (χ1v) is 17.6. The minimum Gasteiger partial charge on any atom is -0.497 e. The van der Waals surface area contributed by atoms with E-state index in [-0.39, 0.29) is 35.5 Å². The van der Waals surface area contributed by atoms with Gasteiger partial charge in [0.2, 0.25) is 11.8 Å². The van der Waals surface area contributed by atoms with Crippen LogP contribution >= 0.6 is 23.2 Å².